The van der Waals surface area contributed by atoms with Crippen molar-refractivity contribution < 1.29 is 28.8 Å². The summed E-state index contributed by atoms with van der Waals surface area (Å²) in [7, 11) is 0. The fourth-order valence-electron chi connectivity index (χ4n) is 5.42. The van der Waals surface area contributed by atoms with Crippen LogP contribution in [0.3, 0.4) is 0 Å². The lowest BCUT2D eigenvalue weighted by molar-refractivity contribution is -0.127. The minimum Gasteiger partial charge on any atom is -0.322 e. The number of Topliss-reactive ketones (excluding diaryl/α,β-unsaturated/α-hetero) is 2. The van der Waals surface area contributed by atoms with E-state index < -0.39 is 47.3 Å². The smallest absolute Gasteiger partial charge is 0.258 e. The molecule has 0 radical (unpaired) electrons. The average molecular weight is 957 g/mol. The van der Waals surface area contributed by atoms with Gasteiger partial charge in [-0.3, -0.25) is 28.8 Å². The SMILES string of the molecule is CC(=O)C(N=Nc1cccc(C(=O)Nc2cccc(CCl)c2)c1Cl)C(=O)Nc1cc(Cl)c(NC(=O)C(N=Nc2cccc(C(=O)Nc3cccc(CCl)c3)c2Cl)C(C)=O)cc1Cl. The van der Waals surface area contributed by atoms with Crippen LogP contribution in [-0.2, 0) is 30.9 Å². The summed E-state index contributed by atoms with van der Waals surface area (Å²) in [6.45, 7) is 2.23. The third-order valence-electron chi connectivity index (χ3n) is 8.53. The lowest BCUT2D eigenvalue weighted by Crippen LogP contribution is -2.32. The van der Waals surface area contributed by atoms with E-state index in [0.717, 1.165) is 25.0 Å². The number of nitrogens with one attached hydrogen (secondary N) is 4. The van der Waals surface area contributed by atoms with E-state index in [0.29, 0.717) is 11.4 Å². The second-order valence-corrected chi connectivity index (χ2v) is 15.2. The van der Waals surface area contributed by atoms with Crippen LogP contribution in [0.5, 0.6) is 0 Å². The van der Waals surface area contributed by atoms with Crippen LogP contribution in [0.2, 0.25) is 20.1 Å². The number of carbonyl (C=O) groups excluding carboxylic acids is 6. The van der Waals surface area contributed by atoms with Crippen LogP contribution in [-0.4, -0.2) is 47.3 Å². The molecule has 5 rings (SSSR count). The third-order valence-corrected chi connectivity index (χ3v) is 10.6. The molecule has 318 valence electrons. The number of rotatable bonds is 16. The Morgan fingerprint density at radius 1 is 0.516 bits per heavy atom. The first-order chi connectivity index (χ1) is 29.6. The summed E-state index contributed by atoms with van der Waals surface area (Å²) >= 11 is 37.7. The second-order valence-electron chi connectivity index (χ2n) is 13.1. The number of halogens is 6. The average Bonchev–Trinajstić information content (AvgIpc) is 3.23. The Labute approximate surface area is 384 Å². The van der Waals surface area contributed by atoms with E-state index >= 15 is 0 Å². The third kappa shape index (κ3) is 12.2. The van der Waals surface area contributed by atoms with Gasteiger partial charge in [-0.1, -0.05) is 82.8 Å². The van der Waals surface area contributed by atoms with Gasteiger partial charge in [0.05, 0.1) is 42.6 Å². The Bertz CT molecular complexity index is 2460. The number of benzene rings is 5. The molecule has 0 bridgehead atoms. The minimum absolute atomic E-state index is 0.00192. The van der Waals surface area contributed by atoms with E-state index in [9.17, 15) is 28.8 Å². The first-order valence-electron chi connectivity index (χ1n) is 18.0. The Morgan fingerprint density at radius 2 is 0.887 bits per heavy atom. The van der Waals surface area contributed by atoms with Crippen LogP contribution in [0.25, 0.3) is 0 Å². The fourth-order valence-corrected chi connectivity index (χ4v) is 6.68. The lowest BCUT2D eigenvalue weighted by atomic mass is 10.1. The fraction of sp³-hybridized carbons (Fsp3) is 0.143. The largest absolute Gasteiger partial charge is 0.322 e. The van der Waals surface area contributed by atoms with Crippen LogP contribution in [0.4, 0.5) is 34.1 Å². The highest BCUT2D eigenvalue weighted by atomic mass is 35.5. The maximum atomic E-state index is 13.3. The van der Waals surface area contributed by atoms with Crippen LogP contribution in [0.15, 0.2) is 118 Å². The van der Waals surface area contributed by atoms with Gasteiger partial charge in [0, 0.05) is 23.1 Å². The number of nitrogens with zero attached hydrogens (tertiary/aromatic N) is 4. The van der Waals surface area contributed by atoms with Gasteiger partial charge < -0.3 is 21.3 Å². The van der Waals surface area contributed by atoms with E-state index in [1.807, 2.05) is 0 Å². The summed E-state index contributed by atoms with van der Waals surface area (Å²) in [5.41, 5.74) is 2.53. The summed E-state index contributed by atoms with van der Waals surface area (Å²) in [6.07, 6.45) is 0. The molecule has 0 saturated heterocycles. The van der Waals surface area contributed by atoms with E-state index in [1.54, 1.807) is 48.5 Å². The van der Waals surface area contributed by atoms with Gasteiger partial charge in [0.15, 0.2) is 11.6 Å². The van der Waals surface area contributed by atoms with Gasteiger partial charge in [-0.2, -0.15) is 20.5 Å². The molecule has 0 spiro atoms. The summed E-state index contributed by atoms with van der Waals surface area (Å²) in [6, 6.07) is 21.6. The van der Waals surface area contributed by atoms with Crippen molar-refractivity contribution in [3.63, 3.8) is 0 Å². The molecule has 4 N–H and O–H groups in total. The number of amides is 4. The number of ketones is 2. The number of anilines is 4. The zero-order valence-corrected chi connectivity index (χ0v) is 36.8. The predicted octanol–water partition coefficient (Wildman–Crippen LogP) is 11.6. The van der Waals surface area contributed by atoms with Gasteiger partial charge in [-0.15, -0.1) is 23.2 Å². The number of carbonyl (C=O) groups is 6. The molecule has 5 aromatic rings. The van der Waals surface area contributed by atoms with Gasteiger partial charge in [0.2, 0.25) is 12.1 Å². The second kappa shape index (κ2) is 21.9. The van der Waals surface area contributed by atoms with Crippen molar-refractivity contribution in [2.75, 3.05) is 21.3 Å². The molecular formula is C42H32Cl6N8O6. The predicted molar refractivity (Wildman–Crippen MR) is 242 cm³/mol. The molecule has 14 nitrogen and oxygen atoms in total. The molecule has 0 aliphatic rings. The zero-order chi connectivity index (χ0) is 45.1. The topological polar surface area (TPSA) is 200 Å². The molecule has 0 fully saturated rings. The van der Waals surface area contributed by atoms with E-state index in [-0.39, 0.29) is 65.7 Å². The first-order valence-corrected chi connectivity index (χ1v) is 20.6. The van der Waals surface area contributed by atoms with Crippen molar-refractivity contribution in [3.8, 4) is 0 Å². The van der Waals surface area contributed by atoms with Crippen LogP contribution in [0, 0.1) is 0 Å². The maximum Gasteiger partial charge on any atom is 0.258 e. The van der Waals surface area contributed by atoms with Crippen molar-refractivity contribution in [2.24, 2.45) is 20.5 Å². The highest BCUT2D eigenvalue weighted by molar-refractivity contribution is 6.39. The number of hydrogen-bond acceptors (Lipinski definition) is 10. The van der Waals surface area contributed by atoms with Crippen molar-refractivity contribution in [2.45, 2.75) is 37.7 Å². The zero-order valence-electron chi connectivity index (χ0n) is 32.3. The molecule has 20 heteroatoms. The molecule has 0 heterocycles. The molecule has 2 atom stereocenters. The molecule has 0 saturated carbocycles. The van der Waals surface area contributed by atoms with E-state index in [1.165, 1.54) is 48.5 Å². The highest BCUT2D eigenvalue weighted by Gasteiger charge is 2.27. The molecule has 2 unspecified atom stereocenters. The molecule has 0 aromatic heterocycles. The van der Waals surface area contributed by atoms with Crippen molar-refractivity contribution in [1.29, 1.82) is 0 Å². The normalized spacial score (nSPS) is 12.1. The Balaban J connectivity index is 1.26. The maximum absolute atomic E-state index is 13.3. The molecule has 5 aromatic carbocycles. The van der Waals surface area contributed by atoms with Gasteiger partial charge in [-0.05, 0) is 85.6 Å². The Hall–Kier alpha value is -5.74. The standard InChI is InChI=1S/C42H32Cl6N8O6/c1-21(57)37(55-53-31-13-5-11-27(35(31)47)39(59)49-25-9-3-7-23(15-25)19-43)41(61)51-33-17-30(46)34(18-29(33)45)52-42(62)38(22(2)58)56-54-32-14-6-12-28(36(32)48)40(60)50-26-10-4-8-24(16-26)20-44/h3-18,37-38H,19-20H2,1-2H3,(H,49,59)(H,50,60)(H,51,61)(H,52,62). The van der Waals surface area contributed by atoms with Crippen LogP contribution in [0.1, 0.15) is 45.7 Å². The Kier molecular flexibility index (Phi) is 16.7. The number of alkyl halides is 2. The lowest BCUT2D eigenvalue weighted by Gasteiger charge is -2.15. The summed E-state index contributed by atoms with van der Waals surface area (Å²) in [5, 5.41) is 25.7. The number of hydrogen-bond donors (Lipinski definition) is 4. The molecule has 4 amide bonds. The Morgan fingerprint density at radius 3 is 1.24 bits per heavy atom. The summed E-state index contributed by atoms with van der Waals surface area (Å²) in [4.78, 5) is 77.8. The first kappa shape index (κ1) is 47.3. The van der Waals surface area contributed by atoms with Gasteiger partial charge in [0.25, 0.3) is 23.6 Å². The van der Waals surface area contributed by atoms with Crippen LogP contribution >= 0.6 is 69.6 Å². The summed E-state index contributed by atoms with van der Waals surface area (Å²) in [5.74, 6) is -3.89. The minimum atomic E-state index is -1.69. The van der Waals surface area contributed by atoms with Gasteiger partial charge >= 0.3 is 0 Å². The van der Waals surface area contributed by atoms with Crippen molar-refractivity contribution in [3.05, 3.63) is 139 Å². The van der Waals surface area contributed by atoms with Gasteiger partial charge in [0.1, 0.15) is 11.4 Å². The molecule has 0 aliphatic heterocycles. The number of azo groups is 2. The van der Waals surface area contributed by atoms with E-state index in [2.05, 4.69) is 41.7 Å². The van der Waals surface area contributed by atoms with Crippen molar-refractivity contribution >= 4 is 139 Å². The quantitative estimate of drug-likeness (QED) is 0.0431. The molecule has 0 aliphatic carbocycles. The van der Waals surface area contributed by atoms with E-state index in [4.69, 9.17) is 69.6 Å². The monoisotopic (exact) mass is 954 g/mol. The van der Waals surface area contributed by atoms with Crippen LogP contribution < -0.4 is 21.3 Å². The van der Waals surface area contributed by atoms with Gasteiger partial charge in [-0.25, -0.2) is 0 Å². The molecule has 62 heavy (non-hydrogen) atoms. The highest BCUT2D eigenvalue weighted by Crippen LogP contribution is 2.35. The summed E-state index contributed by atoms with van der Waals surface area (Å²) < 4.78 is 0. The molecular weight excluding hydrogens is 925 g/mol. The van der Waals surface area contributed by atoms with Crippen molar-refractivity contribution in [1.82, 2.24) is 0 Å².